The van der Waals surface area contributed by atoms with Crippen molar-refractivity contribution < 1.29 is 74.2 Å². The van der Waals surface area contributed by atoms with Crippen LogP contribution in [0.3, 0.4) is 0 Å². The van der Waals surface area contributed by atoms with E-state index in [-0.39, 0.29) is 67.8 Å². The molecule has 7 heteroatoms. The van der Waals surface area contributed by atoms with Crippen LogP contribution in [0.5, 0.6) is 17.2 Å². The van der Waals surface area contributed by atoms with E-state index >= 15 is 0 Å². The molecule has 2 aromatic carbocycles. The van der Waals surface area contributed by atoms with Crippen molar-refractivity contribution in [3.8, 4) is 17.2 Å². The van der Waals surface area contributed by atoms with E-state index in [2.05, 4.69) is 6.92 Å². The third-order valence-electron chi connectivity index (χ3n) is 4.70. The first-order valence-corrected chi connectivity index (χ1v) is 11.4. The minimum absolute atomic E-state index is 0. The summed E-state index contributed by atoms with van der Waals surface area (Å²) in [7, 11) is -4.50. The Morgan fingerprint density at radius 3 is 2.07 bits per heavy atom. The van der Waals surface area contributed by atoms with Crippen molar-refractivity contribution in [1.82, 2.24) is 0 Å². The number of ether oxygens (including phenoxy) is 1. The van der Waals surface area contributed by atoms with E-state index < -0.39 is 10.1 Å². The Kier molecular flexibility index (Phi) is 12.7. The Labute approximate surface area is 217 Å². The summed E-state index contributed by atoms with van der Waals surface area (Å²) in [5.74, 6) is 0.0700. The van der Waals surface area contributed by atoms with Gasteiger partial charge in [-0.15, -0.1) is 5.75 Å². The molecule has 0 fully saturated rings. The van der Waals surface area contributed by atoms with Crippen LogP contribution >= 0.6 is 0 Å². The molecule has 0 aromatic heterocycles. The molecule has 2 rings (SSSR count). The zero-order valence-corrected chi connectivity index (χ0v) is 21.3. The smallest absolute Gasteiger partial charge is 0.872 e. The van der Waals surface area contributed by atoms with Gasteiger partial charge in [0.15, 0.2) is 5.75 Å². The molecule has 29 heavy (non-hydrogen) atoms. The molecule has 0 unspecified atom stereocenters. The van der Waals surface area contributed by atoms with Gasteiger partial charge in [0.05, 0.1) is 0 Å². The fourth-order valence-corrected chi connectivity index (χ4v) is 3.82. The summed E-state index contributed by atoms with van der Waals surface area (Å²) >= 11 is 0. The molecule has 0 saturated carbocycles. The van der Waals surface area contributed by atoms with E-state index in [9.17, 15) is 18.1 Å². The number of para-hydroxylation sites is 1. The SMILES string of the molecule is CCCCCCCCCCc1c([O-])ccc(S(=O)(=O)O)c1Oc1ccccc1.[K+]. The average Bonchev–Trinajstić information content (AvgIpc) is 2.65. The first-order chi connectivity index (χ1) is 13.4. The minimum Gasteiger partial charge on any atom is -0.872 e. The molecule has 2 aromatic rings. The van der Waals surface area contributed by atoms with Gasteiger partial charge >= 0.3 is 51.4 Å². The van der Waals surface area contributed by atoms with Crippen molar-refractivity contribution in [2.24, 2.45) is 0 Å². The van der Waals surface area contributed by atoms with Gasteiger partial charge in [-0.2, -0.15) is 8.42 Å². The van der Waals surface area contributed by atoms with E-state index in [0.29, 0.717) is 17.7 Å². The predicted octanol–water partition coefficient (Wildman–Crippen LogP) is 2.49. The van der Waals surface area contributed by atoms with Gasteiger partial charge in [0.2, 0.25) is 0 Å². The van der Waals surface area contributed by atoms with Gasteiger partial charge in [-0.05, 0) is 36.6 Å². The van der Waals surface area contributed by atoms with Crippen LogP contribution in [0.25, 0.3) is 0 Å². The van der Waals surface area contributed by atoms with Crippen molar-refractivity contribution in [1.29, 1.82) is 0 Å². The van der Waals surface area contributed by atoms with Crippen LogP contribution < -0.4 is 61.2 Å². The zero-order chi connectivity index (χ0) is 20.4. The number of benzene rings is 2. The Hall–Kier alpha value is -0.414. The topological polar surface area (TPSA) is 86.7 Å². The van der Waals surface area contributed by atoms with Crippen LogP contribution in [0.1, 0.15) is 63.9 Å². The summed E-state index contributed by atoms with van der Waals surface area (Å²) in [6, 6.07) is 10.9. The second-order valence-corrected chi connectivity index (χ2v) is 8.37. The van der Waals surface area contributed by atoms with Crippen molar-refractivity contribution in [2.45, 2.75) is 69.6 Å². The van der Waals surface area contributed by atoms with E-state index in [0.717, 1.165) is 25.3 Å². The van der Waals surface area contributed by atoms with Gasteiger partial charge in [0.25, 0.3) is 10.1 Å². The number of rotatable bonds is 12. The molecule has 0 atom stereocenters. The summed E-state index contributed by atoms with van der Waals surface area (Å²) in [4.78, 5) is -0.370. The molecule has 0 saturated heterocycles. The Balaban J connectivity index is 0.00000420. The van der Waals surface area contributed by atoms with E-state index in [1.54, 1.807) is 24.3 Å². The number of hydrogen-bond acceptors (Lipinski definition) is 4. The first-order valence-electron chi connectivity index (χ1n) is 9.96. The molecule has 0 heterocycles. The van der Waals surface area contributed by atoms with Gasteiger partial charge in [-0.25, -0.2) is 0 Å². The molecule has 0 aliphatic rings. The molecule has 0 aliphatic carbocycles. The van der Waals surface area contributed by atoms with Crippen molar-refractivity contribution in [3.63, 3.8) is 0 Å². The summed E-state index contributed by atoms with van der Waals surface area (Å²) in [6.45, 7) is 2.19. The van der Waals surface area contributed by atoms with Gasteiger partial charge in [-0.3, -0.25) is 4.55 Å². The second kappa shape index (κ2) is 13.8. The fourth-order valence-electron chi connectivity index (χ4n) is 3.18. The molecule has 0 bridgehead atoms. The summed E-state index contributed by atoms with van der Waals surface area (Å²) < 4.78 is 38.9. The maximum Gasteiger partial charge on any atom is 1.00 e. The number of hydrogen-bond donors (Lipinski definition) is 1. The largest absolute Gasteiger partial charge is 1.00 e. The minimum atomic E-state index is -4.50. The molecule has 5 nitrogen and oxygen atoms in total. The monoisotopic (exact) mass is 444 g/mol. The van der Waals surface area contributed by atoms with Crippen LogP contribution in [0, 0.1) is 0 Å². The molecule has 1 N–H and O–H groups in total. The van der Waals surface area contributed by atoms with Crippen molar-refractivity contribution in [3.05, 3.63) is 48.0 Å². The molecular formula is C22H29KO5S. The molecule has 0 amide bonds. The molecule has 0 spiro atoms. The van der Waals surface area contributed by atoms with Crippen molar-refractivity contribution in [2.75, 3.05) is 0 Å². The normalized spacial score (nSPS) is 11.1. The zero-order valence-electron chi connectivity index (χ0n) is 17.4. The third-order valence-corrected chi connectivity index (χ3v) is 5.58. The predicted molar refractivity (Wildman–Crippen MR) is 109 cm³/mol. The van der Waals surface area contributed by atoms with Gasteiger partial charge in [0.1, 0.15) is 10.6 Å². The molecular weight excluding hydrogens is 415 g/mol. The molecule has 154 valence electrons. The van der Waals surface area contributed by atoms with Crippen molar-refractivity contribution >= 4 is 10.1 Å². The fraction of sp³-hybridized carbons (Fsp3) is 0.455. The van der Waals surface area contributed by atoms with Gasteiger partial charge in [-0.1, -0.05) is 76.1 Å². The second-order valence-electron chi connectivity index (χ2n) is 6.98. The third kappa shape index (κ3) is 9.08. The van der Waals surface area contributed by atoms with Crippen LogP contribution in [0.2, 0.25) is 0 Å². The van der Waals surface area contributed by atoms with E-state index in [4.69, 9.17) is 4.74 Å². The van der Waals surface area contributed by atoms with Gasteiger partial charge in [0, 0.05) is 0 Å². The van der Waals surface area contributed by atoms with E-state index in [1.807, 2.05) is 6.07 Å². The maximum absolute atomic E-state index is 12.4. The Bertz CT molecular complexity index is 838. The van der Waals surface area contributed by atoms with Crippen LogP contribution in [0.4, 0.5) is 0 Å². The van der Waals surface area contributed by atoms with Crippen LogP contribution in [-0.4, -0.2) is 13.0 Å². The Morgan fingerprint density at radius 1 is 0.897 bits per heavy atom. The maximum atomic E-state index is 12.4. The molecule has 0 aliphatic heterocycles. The quantitative estimate of drug-likeness (QED) is 0.309. The van der Waals surface area contributed by atoms with Gasteiger partial charge < -0.3 is 9.84 Å². The van der Waals surface area contributed by atoms with Crippen LogP contribution in [-0.2, 0) is 16.5 Å². The number of unbranched alkanes of at least 4 members (excludes halogenated alkanes) is 7. The van der Waals surface area contributed by atoms with Crippen LogP contribution in [0.15, 0.2) is 47.4 Å². The Morgan fingerprint density at radius 2 is 1.48 bits per heavy atom. The summed E-state index contributed by atoms with van der Waals surface area (Å²) in [5, 5.41) is 12.4. The first kappa shape index (κ1) is 26.6. The summed E-state index contributed by atoms with van der Waals surface area (Å²) in [6.07, 6.45) is 9.37. The standard InChI is InChI=1S/C22H30O5S.K/c1-2-3-4-5-6-7-8-12-15-19-20(23)16-17-21(28(24,25)26)22(19)27-18-13-10-9-11-14-18;/h9-11,13-14,16-17,23H,2-8,12,15H2,1H3,(H,24,25,26);/q;+1/p-1. The van der Waals surface area contributed by atoms with E-state index in [1.165, 1.54) is 38.2 Å². The molecule has 0 radical (unpaired) electrons. The average molecular weight is 445 g/mol. The summed E-state index contributed by atoms with van der Waals surface area (Å²) in [5.41, 5.74) is 0.296.